The normalized spacial score (nSPS) is 11.3. The molecule has 3 aromatic rings. The minimum absolute atomic E-state index is 0.155. The lowest BCUT2D eigenvalue weighted by molar-refractivity contribution is 0.773. The summed E-state index contributed by atoms with van der Waals surface area (Å²) in [6, 6.07) is 0. The third kappa shape index (κ3) is 1.95. The van der Waals surface area contributed by atoms with Gasteiger partial charge in [0.05, 0.1) is 11.6 Å². The highest BCUT2D eigenvalue weighted by Gasteiger charge is 2.15. The van der Waals surface area contributed by atoms with Crippen LogP contribution in [-0.4, -0.2) is 34.9 Å². The third-order valence-electron chi connectivity index (χ3n) is 2.81. The molecule has 8 heteroatoms. The Kier molecular flexibility index (Phi) is 2.90. The van der Waals surface area contributed by atoms with Gasteiger partial charge in [0.1, 0.15) is 5.82 Å². The van der Waals surface area contributed by atoms with Crippen molar-refractivity contribution in [2.45, 2.75) is 26.7 Å². The molecule has 0 aliphatic rings. The summed E-state index contributed by atoms with van der Waals surface area (Å²) in [5, 5.41) is 12.1. The van der Waals surface area contributed by atoms with Crippen molar-refractivity contribution in [3.63, 3.8) is 0 Å². The minimum Gasteiger partial charge on any atom is -0.261 e. The van der Waals surface area contributed by atoms with Gasteiger partial charge < -0.3 is 0 Å². The number of halogens is 1. The molecule has 3 rings (SSSR count). The van der Waals surface area contributed by atoms with Crippen LogP contribution in [0.15, 0.2) is 6.20 Å². The number of aromatic nitrogens is 7. The number of H-pyrrole nitrogens is 1. The molecule has 0 spiro atoms. The van der Waals surface area contributed by atoms with Crippen molar-refractivity contribution in [3.05, 3.63) is 23.1 Å². The van der Waals surface area contributed by atoms with E-state index in [9.17, 15) is 0 Å². The van der Waals surface area contributed by atoms with E-state index in [4.69, 9.17) is 11.6 Å². The van der Waals surface area contributed by atoms with Gasteiger partial charge in [-0.15, -0.1) is 5.10 Å². The molecule has 0 bridgehead atoms. The Morgan fingerprint density at radius 1 is 1.21 bits per heavy atom. The van der Waals surface area contributed by atoms with Gasteiger partial charge in [-0.1, -0.05) is 13.8 Å². The van der Waals surface area contributed by atoms with Crippen LogP contribution in [-0.2, 0) is 12.8 Å². The molecule has 0 radical (unpaired) electrons. The molecule has 0 aliphatic heterocycles. The van der Waals surface area contributed by atoms with Crippen LogP contribution in [0.25, 0.3) is 16.9 Å². The Bertz CT molecular complexity index is 730. The summed E-state index contributed by atoms with van der Waals surface area (Å²) in [5.41, 5.74) is 0.589. The van der Waals surface area contributed by atoms with E-state index in [0.29, 0.717) is 11.5 Å². The van der Waals surface area contributed by atoms with Gasteiger partial charge in [-0.3, -0.25) is 5.10 Å². The molecular weight excluding hydrogens is 266 g/mol. The van der Waals surface area contributed by atoms with E-state index in [2.05, 4.69) is 30.2 Å². The summed E-state index contributed by atoms with van der Waals surface area (Å²) in [4.78, 5) is 12.8. The lowest BCUT2D eigenvalue weighted by Crippen LogP contribution is -2.06. The van der Waals surface area contributed by atoms with Gasteiger partial charge in [0.15, 0.2) is 17.3 Å². The fourth-order valence-electron chi connectivity index (χ4n) is 1.89. The fraction of sp³-hybridized carbons (Fsp3) is 0.364. The SMILES string of the molecule is CCc1nc(CC)n(-c2nc(Cl)nc3[nH]ncc23)n1. The second-order valence-corrected chi connectivity index (χ2v) is 4.35. The molecule has 98 valence electrons. The molecule has 7 nitrogen and oxygen atoms in total. The highest BCUT2D eigenvalue weighted by molar-refractivity contribution is 6.28. The van der Waals surface area contributed by atoms with Crippen LogP contribution in [0, 0.1) is 0 Å². The van der Waals surface area contributed by atoms with E-state index in [1.807, 2.05) is 13.8 Å². The van der Waals surface area contributed by atoms with E-state index < -0.39 is 0 Å². The van der Waals surface area contributed by atoms with Gasteiger partial charge in [0.25, 0.3) is 0 Å². The largest absolute Gasteiger partial charge is 0.261 e. The van der Waals surface area contributed by atoms with Crippen molar-refractivity contribution in [3.8, 4) is 5.82 Å². The fourth-order valence-corrected chi connectivity index (χ4v) is 2.06. The molecule has 0 unspecified atom stereocenters. The van der Waals surface area contributed by atoms with Crippen molar-refractivity contribution >= 4 is 22.6 Å². The maximum Gasteiger partial charge on any atom is 0.226 e. The summed E-state index contributed by atoms with van der Waals surface area (Å²) < 4.78 is 1.71. The first kappa shape index (κ1) is 12.0. The second kappa shape index (κ2) is 4.58. The lowest BCUT2D eigenvalue weighted by atomic mass is 10.4. The molecule has 0 atom stereocenters. The predicted octanol–water partition coefficient (Wildman–Crippen LogP) is 1.71. The monoisotopic (exact) mass is 277 g/mol. The van der Waals surface area contributed by atoms with E-state index in [-0.39, 0.29) is 5.28 Å². The molecule has 0 amide bonds. The zero-order valence-electron chi connectivity index (χ0n) is 10.6. The highest BCUT2D eigenvalue weighted by Crippen LogP contribution is 2.20. The quantitative estimate of drug-likeness (QED) is 0.737. The van der Waals surface area contributed by atoms with Gasteiger partial charge in [0, 0.05) is 12.8 Å². The summed E-state index contributed by atoms with van der Waals surface area (Å²) in [6.07, 6.45) is 3.19. The number of aromatic amines is 1. The molecular formula is C11H12ClN7. The molecule has 0 saturated heterocycles. The number of rotatable bonds is 3. The first-order valence-electron chi connectivity index (χ1n) is 6.04. The Morgan fingerprint density at radius 3 is 2.79 bits per heavy atom. The van der Waals surface area contributed by atoms with Crippen LogP contribution in [0.5, 0.6) is 0 Å². The number of hydrogen-bond donors (Lipinski definition) is 1. The Hall–Kier alpha value is -2.02. The molecule has 0 aliphatic carbocycles. The summed E-state index contributed by atoms with van der Waals surface area (Å²) in [7, 11) is 0. The van der Waals surface area contributed by atoms with Gasteiger partial charge in [0.2, 0.25) is 5.28 Å². The van der Waals surface area contributed by atoms with Crippen molar-refractivity contribution in [2.75, 3.05) is 0 Å². The Labute approximate surface area is 114 Å². The van der Waals surface area contributed by atoms with Crippen LogP contribution in [0.4, 0.5) is 0 Å². The number of hydrogen-bond acceptors (Lipinski definition) is 5. The summed E-state index contributed by atoms with van der Waals surface area (Å²) in [5.74, 6) is 2.23. The zero-order chi connectivity index (χ0) is 13.4. The van der Waals surface area contributed by atoms with Crippen molar-refractivity contribution in [1.29, 1.82) is 0 Å². The van der Waals surface area contributed by atoms with E-state index in [1.54, 1.807) is 10.9 Å². The van der Waals surface area contributed by atoms with E-state index >= 15 is 0 Å². The van der Waals surface area contributed by atoms with Gasteiger partial charge in [-0.25, -0.2) is 4.98 Å². The maximum atomic E-state index is 5.94. The zero-order valence-corrected chi connectivity index (χ0v) is 11.3. The van der Waals surface area contributed by atoms with Crippen LogP contribution in [0.1, 0.15) is 25.5 Å². The van der Waals surface area contributed by atoms with Crippen molar-refractivity contribution < 1.29 is 0 Å². The van der Waals surface area contributed by atoms with Gasteiger partial charge in [-0.05, 0) is 11.6 Å². The van der Waals surface area contributed by atoms with E-state index in [1.165, 1.54) is 0 Å². The average molecular weight is 278 g/mol. The summed E-state index contributed by atoms with van der Waals surface area (Å²) in [6.45, 7) is 4.04. The molecule has 3 heterocycles. The first-order chi connectivity index (χ1) is 9.22. The maximum absolute atomic E-state index is 5.94. The van der Waals surface area contributed by atoms with Crippen molar-refractivity contribution in [1.82, 2.24) is 34.9 Å². The van der Waals surface area contributed by atoms with Crippen LogP contribution in [0.3, 0.4) is 0 Å². The highest BCUT2D eigenvalue weighted by atomic mass is 35.5. The molecule has 1 N–H and O–H groups in total. The number of aryl methyl sites for hydroxylation is 2. The van der Waals surface area contributed by atoms with E-state index in [0.717, 1.165) is 29.9 Å². The average Bonchev–Trinajstić information content (AvgIpc) is 3.03. The predicted molar refractivity (Wildman–Crippen MR) is 70.4 cm³/mol. The minimum atomic E-state index is 0.155. The molecule has 0 fully saturated rings. The lowest BCUT2D eigenvalue weighted by Gasteiger charge is -2.04. The Morgan fingerprint density at radius 2 is 2.05 bits per heavy atom. The summed E-state index contributed by atoms with van der Waals surface area (Å²) >= 11 is 5.94. The van der Waals surface area contributed by atoms with Crippen LogP contribution in [0.2, 0.25) is 5.28 Å². The van der Waals surface area contributed by atoms with Crippen LogP contribution < -0.4 is 0 Å². The smallest absolute Gasteiger partial charge is 0.226 e. The standard InChI is InChI=1S/C11H12ClN7/c1-3-7-14-8(4-2)19(18-7)10-6-5-13-17-9(6)15-11(12)16-10/h5H,3-4H2,1-2H3,(H,13,15,16,17). The van der Waals surface area contributed by atoms with Crippen molar-refractivity contribution in [2.24, 2.45) is 0 Å². The molecule has 0 aromatic carbocycles. The number of nitrogens with zero attached hydrogens (tertiary/aromatic N) is 6. The third-order valence-corrected chi connectivity index (χ3v) is 2.98. The molecule has 19 heavy (non-hydrogen) atoms. The van der Waals surface area contributed by atoms with Gasteiger partial charge >= 0.3 is 0 Å². The number of nitrogens with one attached hydrogen (secondary N) is 1. The Balaban J connectivity index is 2.28. The molecule has 0 saturated carbocycles. The number of fused-ring (bicyclic) bond motifs is 1. The second-order valence-electron chi connectivity index (χ2n) is 4.01. The first-order valence-corrected chi connectivity index (χ1v) is 6.42. The van der Waals surface area contributed by atoms with Crippen LogP contribution >= 0.6 is 11.6 Å². The van der Waals surface area contributed by atoms with Gasteiger partial charge in [-0.2, -0.15) is 19.7 Å². The molecule has 3 aromatic heterocycles. The topological polar surface area (TPSA) is 85.2 Å².